The van der Waals surface area contributed by atoms with Gasteiger partial charge < -0.3 is 4.43 Å². The minimum Gasteiger partial charge on any atom is -0.418 e. The molecule has 1 fully saturated rings. The topological polar surface area (TPSA) is 9.23 Å². The molecule has 2 aromatic carbocycles. The van der Waals surface area contributed by atoms with Gasteiger partial charge >= 0.3 is 0 Å². The normalized spacial score (nSPS) is 21.3. The highest BCUT2D eigenvalue weighted by molar-refractivity contribution is 7.44. The Morgan fingerprint density at radius 1 is 0.950 bits per heavy atom. The van der Waals surface area contributed by atoms with E-state index in [0.717, 1.165) is 6.61 Å². The largest absolute Gasteiger partial charge is 0.418 e. The van der Waals surface area contributed by atoms with Crippen LogP contribution in [0.5, 0.6) is 0 Å². The Kier molecular flexibility index (Phi) is 4.01. The van der Waals surface area contributed by atoms with Crippen molar-refractivity contribution in [3.63, 3.8) is 0 Å². The fraction of sp³-hybridized carbons (Fsp3) is 0.176. The SMILES string of the molecule is C=C[SiH]1OCCC[Si]1(c1ccccc1)c1ccccc1. The summed E-state index contributed by atoms with van der Waals surface area (Å²) < 4.78 is 6.23. The molecule has 1 atom stereocenters. The fourth-order valence-electron chi connectivity index (χ4n) is 3.37. The van der Waals surface area contributed by atoms with E-state index in [4.69, 9.17) is 4.43 Å². The van der Waals surface area contributed by atoms with Crippen LogP contribution < -0.4 is 10.4 Å². The molecular weight excluding hydrogens is 276 g/mol. The van der Waals surface area contributed by atoms with Crippen molar-refractivity contribution < 1.29 is 4.43 Å². The average molecular weight is 297 g/mol. The number of hydrogen-bond donors (Lipinski definition) is 0. The molecular formula is C17H20OSi2. The van der Waals surface area contributed by atoms with Gasteiger partial charge in [-0.25, -0.2) is 0 Å². The molecule has 1 nitrogen and oxygen atoms in total. The van der Waals surface area contributed by atoms with Crippen LogP contribution in [-0.4, -0.2) is 22.8 Å². The van der Waals surface area contributed by atoms with Crippen LogP contribution in [0.1, 0.15) is 6.42 Å². The highest BCUT2D eigenvalue weighted by Gasteiger charge is 2.47. The fourth-order valence-corrected chi connectivity index (χ4v) is 15.7. The second-order valence-electron chi connectivity index (χ2n) is 5.33. The van der Waals surface area contributed by atoms with Crippen molar-refractivity contribution in [2.75, 3.05) is 6.61 Å². The third-order valence-corrected chi connectivity index (χ3v) is 17.1. The predicted molar refractivity (Wildman–Crippen MR) is 90.6 cm³/mol. The highest BCUT2D eigenvalue weighted by Crippen LogP contribution is 2.23. The molecule has 1 heterocycles. The van der Waals surface area contributed by atoms with Crippen molar-refractivity contribution in [3.05, 3.63) is 72.9 Å². The van der Waals surface area contributed by atoms with Gasteiger partial charge in [0.2, 0.25) is 0 Å². The molecule has 1 aliphatic heterocycles. The summed E-state index contributed by atoms with van der Waals surface area (Å²) in [6.45, 7) is 5.02. The van der Waals surface area contributed by atoms with E-state index in [0.29, 0.717) is 0 Å². The smallest absolute Gasteiger partial charge is 0.197 e. The Morgan fingerprint density at radius 2 is 1.50 bits per heavy atom. The first-order valence-electron chi connectivity index (χ1n) is 7.23. The van der Waals surface area contributed by atoms with Crippen molar-refractivity contribution in [1.82, 2.24) is 0 Å². The summed E-state index contributed by atoms with van der Waals surface area (Å²) in [5, 5.41) is 3.03. The van der Waals surface area contributed by atoms with Crippen LogP contribution in [0.25, 0.3) is 0 Å². The van der Waals surface area contributed by atoms with Gasteiger partial charge in [-0.3, -0.25) is 0 Å². The molecule has 20 heavy (non-hydrogen) atoms. The van der Waals surface area contributed by atoms with Gasteiger partial charge in [0.05, 0.1) is 0 Å². The predicted octanol–water partition coefficient (Wildman–Crippen LogP) is 2.20. The Balaban J connectivity index is 2.19. The van der Waals surface area contributed by atoms with E-state index in [2.05, 4.69) is 72.9 Å². The molecule has 1 saturated heterocycles. The first-order chi connectivity index (χ1) is 9.88. The Hall–Kier alpha value is -1.43. The summed E-state index contributed by atoms with van der Waals surface area (Å²) >= 11 is 0. The molecule has 0 amide bonds. The molecule has 2 aromatic rings. The van der Waals surface area contributed by atoms with Crippen LogP contribution in [0.4, 0.5) is 0 Å². The standard InChI is InChI=1S/C17H20OSi2/c1-2-19-18-14-9-15-20(19,16-10-5-3-6-11-16)17-12-7-4-8-13-17/h2-8,10-13,19H,1,9,14-15H2. The molecule has 0 radical (unpaired) electrons. The maximum Gasteiger partial charge on any atom is 0.197 e. The van der Waals surface area contributed by atoms with Gasteiger partial charge in [-0.1, -0.05) is 76.7 Å². The lowest BCUT2D eigenvalue weighted by Crippen LogP contribution is -2.71. The van der Waals surface area contributed by atoms with Crippen LogP contribution in [0.2, 0.25) is 6.04 Å². The van der Waals surface area contributed by atoms with E-state index < -0.39 is 16.1 Å². The lowest BCUT2D eigenvalue weighted by Gasteiger charge is -2.40. The molecule has 1 aliphatic rings. The zero-order valence-corrected chi connectivity index (χ0v) is 13.8. The van der Waals surface area contributed by atoms with Gasteiger partial charge in [-0.05, 0) is 12.5 Å². The van der Waals surface area contributed by atoms with E-state index >= 15 is 0 Å². The Morgan fingerprint density at radius 3 is 2.00 bits per heavy atom. The summed E-state index contributed by atoms with van der Waals surface area (Å²) in [4.78, 5) is 0. The van der Waals surface area contributed by atoms with Crippen LogP contribution in [0.15, 0.2) is 72.9 Å². The van der Waals surface area contributed by atoms with Gasteiger partial charge in [0.25, 0.3) is 0 Å². The van der Waals surface area contributed by atoms with Gasteiger partial charge in [0.15, 0.2) is 8.56 Å². The number of rotatable bonds is 3. The van der Waals surface area contributed by atoms with Gasteiger partial charge in [0, 0.05) is 6.61 Å². The van der Waals surface area contributed by atoms with Crippen LogP contribution in [0.3, 0.4) is 0 Å². The van der Waals surface area contributed by atoms with Crippen molar-refractivity contribution in [2.45, 2.75) is 12.5 Å². The molecule has 102 valence electrons. The minimum atomic E-state index is -1.77. The van der Waals surface area contributed by atoms with Gasteiger partial charge in [-0.15, -0.1) is 6.58 Å². The van der Waals surface area contributed by atoms with Crippen LogP contribution in [-0.2, 0) is 4.43 Å². The zero-order valence-electron chi connectivity index (χ0n) is 11.7. The highest BCUT2D eigenvalue weighted by atomic mass is 29.2. The van der Waals surface area contributed by atoms with E-state index in [9.17, 15) is 0 Å². The van der Waals surface area contributed by atoms with Gasteiger partial charge in [-0.2, -0.15) is 0 Å². The number of hydrogen-bond acceptors (Lipinski definition) is 1. The maximum absolute atomic E-state index is 6.23. The summed E-state index contributed by atoms with van der Waals surface area (Å²) in [6.07, 6.45) is 1.17. The first kappa shape index (κ1) is 13.6. The monoisotopic (exact) mass is 296 g/mol. The van der Waals surface area contributed by atoms with Crippen molar-refractivity contribution in [2.24, 2.45) is 0 Å². The van der Waals surface area contributed by atoms with E-state index in [-0.39, 0.29) is 0 Å². The van der Waals surface area contributed by atoms with Crippen molar-refractivity contribution >= 4 is 26.5 Å². The average Bonchev–Trinajstić information content (AvgIpc) is 2.56. The second-order valence-corrected chi connectivity index (χ2v) is 15.2. The summed E-state index contributed by atoms with van der Waals surface area (Å²) in [6, 6.07) is 23.4. The molecule has 3 heteroatoms. The summed E-state index contributed by atoms with van der Waals surface area (Å²) in [5.41, 5.74) is 2.16. The zero-order chi connectivity index (χ0) is 13.8. The third-order valence-electron chi connectivity index (χ3n) is 4.29. The molecule has 0 aliphatic carbocycles. The lowest BCUT2D eigenvalue weighted by atomic mass is 10.4. The minimum absolute atomic E-state index is 0.914. The molecule has 0 bridgehead atoms. The summed E-state index contributed by atoms with van der Waals surface area (Å²) in [7, 11) is -3.17. The number of benzene rings is 2. The Bertz CT molecular complexity index is 529. The summed E-state index contributed by atoms with van der Waals surface area (Å²) in [5.74, 6) is 0. The third kappa shape index (κ3) is 2.22. The Labute approximate surface area is 123 Å². The maximum atomic E-state index is 6.23. The molecule has 0 N–H and O–H groups in total. The first-order valence-corrected chi connectivity index (χ1v) is 12.4. The molecule has 0 spiro atoms. The van der Waals surface area contributed by atoms with Gasteiger partial charge in [0.1, 0.15) is 7.59 Å². The van der Waals surface area contributed by atoms with Crippen LogP contribution >= 0.6 is 0 Å². The molecule has 1 unspecified atom stereocenters. The van der Waals surface area contributed by atoms with E-state index in [1.807, 2.05) is 0 Å². The van der Waals surface area contributed by atoms with Crippen molar-refractivity contribution in [1.29, 1.82) is 0 Å². The second kappa shape index (κ2) is 5.91. The lowest BCUT2D eigenvalue weighted by molar-refractivity contribution is 0.325. The van der Waals surface area contributed by atoms with E-state index in [1.54, 1.807) is 0 Å². The molecule has 3 rings (SSSR count). The quantitative estimate of drug-likeness (QED) is 0.789. The van der Waals surface area contributed by atoms with Crippen LogP contribution in [0, 0.1) is 0 Å². The van der Waals surface area contributed by atoms with E-state index in [1.165, 1.54) is 22.8 Å². The molecule has 0 saturated carbocycles. The van der Waals surface area contributed by atoms with Crippen molar-refractivity contribution in [3.8, 4) is 0 Å². The molecule has 0 aromatic heterocycles.